The molecular formula is C17H16FN3O2S2. The number of nitrogens with one attached hydrogen (secondary N) is 1. The summed E-state index contributed by atoms with van der Waals surface area (Å²) in [7, 11) is -3.47. The number of hydrogen-bond donors (Lipinski definition) is 1. The van der Waals surface area contributed by atoms with Gasteiger partial charge < -0.3 is 0 Å². The summed E-state index contributed by atoms with van der Waals surface area (Å²) < 4.78 is 39.5. The van der Waals surface area contributed by atoms with Crippen LogP contribution in [0.15, 0.2) is 54.0 Å². The molecule has 0 unspecified atom stereocenters. The molecule has 0 fully saturated rings. The van der Waals surface area contributed by atoms with E-state index in [1.54, 1.807) is 6.20 Å². The van der Waals surface area contributed by atoms with Gasteiger partial charge in [-0.3, -0.25) is 4.98 Å². The summed E-state index contributed by atoms with van der Waals surface area (Å²) >= 11 is 1.48. The molecule has 3 aromatic rings. The van der Waals surface area contributed by atoms with Crippen LogP contribution < -0.4 is 4.72 Å². The SMILES string of the molecule is O=S(=O)(Cc1ccc(F)cc1)NCCc1csc(-c2ccccn2)n1. The average Bonchev–Trinajstić information content (AvgIpc) is 3.06. The molecule has 0 radical (unpaired) electrons. The Morgan fingerprint density at radius 3 is 2.64 bits per heavy atom. The highest BCUT2D eigenvalue weighted by Gasteiger charge is 2.12. The van der Waals surface area contributed by atoms with Crippen molar-refractivity contribution in [2.45, 2.75) is 12.2 Å². The summed E-state index contributed by atoms with van der Waals surface area (Å²) in [6.07, 6.45) is 2.20. The zero-order valence-electron chi connectivity index (χ0n) is 13.2. The van der Waals surface area contributed by atoms with Crippen molar-refractivity contribution < 1.29 is 12.8 Å². The first-order valence-corrected chi connectivity index (χ1v) is 10.1. The molecular weight excluding hydrogens is 361 g/mol. The molecule has 25 heavy (non-hydrogen) atoms. The minimum atomic E-state index is -3.47. The molecule has 0 saturated heterocycles. The highest BCUT2D eigenvalue weighted by atomic mass is 32.2. The van der Waals surface area contributed by atoms with Gasteiger partial charge in [0.15, 0.2) is 0 Å². The lowest BCUT2D eigenvalue weighted by atomic mass is 10.2. The first-order valence-electron chi connectivity index (χ1n) is 7.59. The Kier molecular flexibility index (Phi) is 5.52. The lowest BCUT2D eigenvalue weighted by molar-refractivity contribution is 0.580. The van der Waals surface area contributed by atoms with Crippen molar-refractivity contribution in [1.82, 2.24) is 14.7 Å². The van der Waals surface area contributed by atoms with Crippen molar-refractivity contribution >= 4 is 21.4 Å². The quantitative estimate of drug-likeness (QED) is 0.687. The van der Waals surface area contributed by atoms with Gasteiger partial charge in [0.05, 0.1) is 17.1 Å². The fraction of sp³-hybridized carbons (Fsp3) is 0.176. The summed E-state index contributed by atoms with van der Waals surface area (Å²) in [4.78, 5) is 8.72. The molecule has 2 heterocycles. The van der Waals surface area contributed by atoms with E-state index in [4.69, 9.17) is 0 Å². The van der Waals surface area contributed by atoms with Gasteiger partial charge in [0.25, 0.3) is 0 Å². The van der Waals surface area contributed by atoms with Crippen LogP contribution >= 0.6 is 11.3 Å². The van der Waals surface area contributed by atoms with E-state index in [9.17, 15) is 12.8 Å². The number of pyridine rings is 1. The van der Waals surface area contributed by atoms with Crippen LogP contribution in [-0.4, -0.2) is 24.9 Å². The number of halogens is 1. The van der Waals surface area contributed by atoms with Crippen LogP contribution in [-0.2, 0) is 22.2 Å². The van der Waals surface area contributed by atoms with Crippen molar-refractivity contribution in [2.75, 3.05) is 6.54 Å². The Bertz CT molecular complexity index is 926. The van der Waals surface area contributed by atoms with Crippen molar-refractivity contribution in [3.05, 3.63) is 71.1 Å². The molecule has 1 aromatic carbocycles. The first-order chi connectivity index (χ1) is 12.0. The van der Waals surface area contributed by atoms with E-state index < -0.39 is 10.0 Å². The minimum Gasteiger partial charge on any atom is -0.254 e. The second-order valence-electron chi connectivity index (χ2n) is 5.39. The topological polar surface area (TPSA) is 72.0 Å². The van der Waals surface area contributed by atoms with E-state index in [-0.39, 0.29) is 18.1 Å². The van der Waals surface area contributed by atoms with Gasteiger partial charge in [0.2, 0.25) is 10.0 Å². The maximum absolute atomic E-state index is 12.9. The van der Waals surface area contributed by atoms with Gasteiger partial charge in [0, 0.05) is 24.5 Å². The van der Waals surface area contributed by atoms with Gasteiger partial charge in [-0.05, 0) is 29.8 Å². The molecule has 0 aliphatic rings. The number of sulfonamides is 1. The molecule has 0 atom stereocenters. The van der Waals surface area contributed by atoms with Crippen LogP contribution in [0.2, 0.25) is 0 Å². The largest absolute Gasteiger partial charge is 0.254 e. The summed E-state index contributed by atoms with van der Waals surface area (Å²) in [6, 6.07) is 11.1. The minimum absolute atomic E-state index is 0.177. The molecule has 2 aromatic heterocycles. The van der Waals surface area contributed by atoms with Gasteiger partial charge in [-0.15, -0.1) is 11.3 Å². The van der Waals surface area contributed by atoms with E-state index in [2.05, 4.69) is 14.7 Å². The van der Waals surface area contributed by atoms with Crippen LogP contribution in [0.25, 0.3) is 10.7 Å². The van der Waals surface area contributed by atoms with Gasteiger partial charge >= 0.3 is 0 Å². The average molecular weight is 377 g/mol. The summed E-state index contributed by atoms with van der Waals surface area (Å²) in [5.74, 6) is -0.565. The Labute approximate surface area is 149 Å². The standard InChI is InChI=1S/C17H16FN3O2S2/c18-14-6-4-13(5-7-14)12-25(22,23)20-10-8-15-11-24-17(21-15)16-3-1-2-9-19-16/h1-7,9,11,20H,8,10,12H2. The van der Waals surface area contributed by atoms with Gasteiger partial charge in [-0.25, -0.2) is 22.5 Å². The summed E-state index contributed by atoms with van der Waals surface area (Å²) in [5.41, 5.74) is 2.16. The predicted octanol–water partition coefficient (Wildman–Crippen LogP) is 3.01. The van der Waals surface area contributed by atoms with Crippen molar-refractivity contribution in [3.63, 3.8) is 0 Å². The molecule has 0 aliphatic heterocycles. The first kappa shape index (κ1) is 17.7. The van der Waals surface area contributed by atoms with Crippen LogP contribution in [0, 0.1) is 5.82 Å². The van der Waals surface area contributed by atoms with Gasteiger partial charge in [-0.2, -0.15) is 0 Å². The third kappa shape index (κ3) is 5.15. The molecule has 0 aliphatic carbocycles. The summed E-state index contributed by atoms with van der Waals surface area (Å²) in [6.45, 7) is 0.259. The zero-order chi connectivity index (χ0) is 17.7. The van der Waals surface area contributed by atoms with Gasteiger partial charge in [0.1, 0.15) is 10.8 Å². The summed E-state index contributed by atoms with van der Waals surface area (Å²) in [5, 5.41) is 2.71. The Hall–Kier alpha value is -2.16. The predicted molar refractivity (Wildman–Crippen MR) is 96.1 cm³/mol. The maximum Gasteiger partial charge on any atom is 0.215 e. The molecule has 0 bridgehead atoms. The Morgan fingerprint density at radius 2 is 1.92 bits per heavy atom. The number of benzene rings is 1. The van der Waals surface area contributed by atoms with Crippen molar-refractivity contribution in [2.24, 2.45) is 0 Å². The van der Waals surface area contributed by atoms with E-state index in [1.807, 2.05) is 23.6 Å². The highest BCUT2D eigenvalue weighted by molar-refractivity contribution is 7.88. The van der Waals surface area contributed by atoms with Crippen LogP contribution in [0.4, 0.5) is 4.39 Å². The number of nitrogens with zero attached hydrogens (tertiary/aromatic N) is 2. The van der Waals surface area contributed by atoms with Gasteiger partial charge in [-0.1, -0.05) is 18.2 Å². The second kappa shape index (κ2) is 7.81. The Balaban J connectivity index is 1.54. The lowest BCUT2D eigenvalue weighted by Crippen LogP contribution is -2.27. The third-order valence-corrected chi connectivity index (χ3v) is 5.68. The third-order valence-electron chi connectivity index (χ3n) is 3.41. The van der Waals surface area contributed by atoms with Crippen LogP contribution in [0.3, 0.4) is 0 Å². The number of rotatable bonds is 7. The smallest absolute Gasteiger partial charge is 0.215 e. The van der Waals surface area contributed by atoms with E-state index in [0.717, 1.165) is 16.4 Å². The van der Waals surface area contributed by atoms with E-state index in [0.29, 0.717) is 12.0 Å². The molecule has 1 N–H and O–H groups in total. The molecule has 0 saturated carbocycles. The monoisotopic (exact) mass is 377 g/mol. The number of aromatic nitrogens is 2. The van der Waals surface area contributed by atoms with E-state index >= 15 is 0 Å². The second-order valence-corrected chi connectivity index (χ2v) is 8.05. The van der Waals surface area contributed by atoms with Crippen LogP contribution in [0.5, 0.6) is 0 Å². The fourth-order valence-electron chi connectivity index (χ4n) is 2.21. The van der Waals surface area contributed by atoms with Crippen molar-refractivity contribution in [3.8, 4) is 10.7 Å². The van der Waals surface area contributed by atoms with Crippen molar-refractivity contribution in [1.29, 1.82) is 0 Å². The molecule has 8 heteroatoms. The molecule has 0 spiro atoms. The zero-order valence-corrected chi connectivity index (χ0v) is 14.9. The fourth-order valence-corrected chi connectivity index (χ4v) is 4.19. The molecule has 3 rings (SSSR count). The van der Waals surface area contributed by atoms with Crippen LogP contribution in [0.1, 0.15) is 11.3 Å². The number of hydrogen-bond acceptors (Lipinski definition) is 5. The molecule has 130 valence electrons. The normalized spacial score (nSPS) is 11.6. The van der Waals surface area contributed by atoms with E-state index in [1.165, 1.54) is 35.6 Å². The Morgan fingerprint density at radius 1 is 1.12 bits per heavy atom. The lowest BCUT2D eigenvalue weighted by Gasteiger charge is -2.06. The molecule has 5 nitrogen and oxygen atoms in total. The maximum atomic E-state index is 12.9. The highest BCUT2D eigenvalue weighted by Crippen LogP contribution is 2.21. The molecule has 0 amide bonds. The number of thiazole rings is 1.